The molecule has 2 amide bonds. The average molecular weight is 243 g/mol. The molecule has 6 nitrogen and oxygen atoms in total. The van der Waals surface area contributed by atoms with Crippen molar-refractivity contribution in [3.05, 3.63) is 0 Å². The molecule has 1 saturated heterocycles. The average Bonchev–Trinajstić information content (AvgIpc) is 2.72. The van der Waals surface area contributed by atoms with Crippen LogP contribution < -0.4 is 11.1 Å². The number of aliphatic carboxylic acids is 1. The van der Waals surface area contributed by atoms with Gasteiger partial charge in [-0.15, -0.1) is 0 Å². The monoisotopic (exact) mass is 243 g/mol. The lowest BCUT2D eigenvalue weighted by atomic mass is 9.83. The maximum absolute atomic E-state index is 11.7. The Bertz CT molecular complexity index is 296. The quantitative estimate of drug-likeness (QED) is 0.644. The van der Waals surface area contributed by atoms with E-state index in [1.165, 1.54) is 0 Å². The van der Waals surface area contributed by atoms with E-state index in [4.69, 9.17) is 5.73 Å². The lowest BCUT2D eigenvalue weighted by Gasteiger charge is -2.24. The first-order chi connectivity index (χ1) is 8.05. The van der Waals surface area contributed by atoms with Gasteiger partial charge in [-0.1, -0.05) is 13.3 Å². The highest BCUT2D eigenvalue weighted by atomic mass is 16.4. The van der Waals surface area contributed by atoms with E-state index in [9.17, 15) is 14.7 Å². The van der Waals surface area contributed by atoms with E-state index in [2.05, 4.69) is 5.32 Å². The van der Waals surface area contributed by atoms with E-state index in [-0.39, 0.29) is 6.03 Å². The molecular weight excluding hydrogens is 222 g/mol. The predicted molar refractivity (Wildman–Crippen MR) is 63.6 cm³/mol. The van der Waals surface area contributed by atoms with E-state index >= 15 is 0 Å². The Morgan fingerprint density at radius 2 is 2.24 bits per heavy atom. The van der Waals surface area contributed by atoms with Crippen LogP contribution in [0.2, 0.25) is 0 Å². The number of carbonyl (C=O) groups excluding carboxylic acids is 1. The molecule has 6 heteroatoms. The third kappa shape index (κ3) is 3.09. The highest BCUT2D eigenvalue weighted by Crippen LogP contribution is 2.35. The van der Waals surface area contributed by atoms with Crippen molar-refractivity contribution in [1.29, 1.82) is 0 Å². The van der Waals surface area contributed by atoms with Crippen molar-refractivity contribution in [3.63, 3.8) is 0 Å². The van der Waals surface area contributed by atoms with Gasteiger partial charge >= 0.3 is 12.0 Å². The smallest absolute Gasteiger partial charge is 0.317 e. The van der Waals surface area contributed by atoms with Gasteiger partial charge in [0.15, 0.2) is 0 Å². The van der Waals surface area contributed by atoms with Crippen LogP contribution in [0.25, 0.3) is 0 Å². The molecule has 98 valence electrons. The highest BCUT2D eigenvalue weighted by molar-refractivity contribution is 5.79. The van der Waals surface area contributed by atoms with Crippen molar-refractivity contribution in [3.8, 4) is 0 Å². The summed E-state index contributed by atoms with van der Waals surface area (Å²) >= 11 is 0. The molecule has 1 atom stereocenters. The second kappa shape index (κ2) is 5.86. The molecule has 0 aromatic carbocycles. The highest BCUT2D eigenvalue weighted by Gasteiger charge is 2.45. The van der Waals surface area contributed by atoms with Crippen LogP contribution in [-0.4, -0.2) is 48.2 Å². The third-order valence-electron chi connectivity index (χ3n) is 3.24. The number of hydrogen-bond donors (Lipinski definition) is 3. The van der Waals surface area contributed by atoms with Gasteiger partial charge in [0.25, 0.3) is 0 Å². The molecule has 0 saturated carbocycles. The van der Waals surface area contributed by atoms with Gasteiger partial charge in [-0.25, -0.2) is 4.79 Å². The molecule has 0 aromatic heterocycles. The number of nitrogens with zero attached hydrogens (tertiary/aromatic N) is 1. The first kappa shape index (κ1) is 13.8. The van der Waals surface area contributed by atoms with Crippen molar-refractivity contribution in [2.24, 2.45) is 11.1 Å². The van der Waals surface area contributed by atoms with Gasteiger partial charge in [0, 0.05) is 26.2 Å². The topological polar surface area (TPSA) is 95.7 Å². The minimum atomic E-state index is -0.798. The number of urea groups is 1. The maximum atomic E-state index is 11.7. The fraction of sp³-hybridized carbons (Fsp3) is 0.818. The fourth-order valence-corrected chi connectivity index (χ4v) is 2.30. The summed E-state index contributed by atoms with van der Waals surface area (Å²) in [5.74, 6) is -0.798. The first-order valence-electron chi connectivity index (χ1n) is 6.02. The summed E-state index contributed by atoms with van der Waals surface area (Å²) < 4.78 is 0. The van der Waals surface area contributed by atoms with Gasteiger partial charge in [-0.3, -0.25) is 4.79 Å². The molecular formula is C11H21N3O3. The molecule has 0 spiro atoms. The summed E-state index contributed by atoms with van der Waals surface area (Å²) in [4.78, 5) is 24.6. The van der Waals surface area contributed by atoms with Crippen molar-refractivity contribution in [2.75, 3.05) is 26.2 Å². The van der Waals surface area contributed by atoms with Crippen molar-refractivity contribution < 1.29 is 14.7 Å². The first-order valence-corrected chi connectivity index (χ1v) is 6.02. The molecule has 17 heavy (non-hydrogen) atoms. The third-order valence-corrected chi connectivity index (χ3v) is 3.24. The molecule has 1 aliphatic rings. The second-order valence-corrected chi connectivity index (χ2v) is 4.53. The minimum absolute atomic E-state index is 0.213. The largest absolute Gasteiger partial charge is 0.481 e. The van der Waals surface area contributed by atoms with Gasteiger partial charge in [-0.05, 0) is 12.8 Å². The fourth-order valence-electron chi connectivity index (χ4n) is 2.30. The van der Waals surface area contributed by atoms with Gasteiger partial charge < -0.3 is 21.1 Å². The lowest BCUT2D eigenvalue weighted by Crippen LogP contribution is -2.43. The van der Waals surface area contributed by atoms with Gasteiger partial charge in [0.2, 0.25) is 0 Å². The number of carboxylic acid groups (broad SMARTS) is 1. The number of nitrogens with two attached hydrogens (primary N) is 1. The Kier molecular flexibility index (Phi) is 4.74. The summed E-state index contributed by atoms with van der Waals surface area (Å²) in [6.45, 7) is 3.57. The van der Waals surface area contributed by atoms with Gasteiger partial charge in [0.1, 0.15) is 0 Å². The molecule has 4 N–H and O–H groups in total. The van der Waals surface area contributed by atoms with E-state index in [1.807, 2.05) is 6.92 Å². The molecule has 1 unspecified atom stereocenters. The van der Waals surface area contributed by atoms with E-state index in [1.54, 1.807) is 4.90 Å². The Morgan fingerprint density at radius 3 is 2.76 bits per heavy atom. The summed E-state index contributed by atoms with van der Waals surface area (Å²) in [6.07, 6.45) is 1.96. The van der Waals surface area contributed by atoms with Crippen molar-refractivity contribution in [1.82, 2.24) is 10.2 Å². The number of rotatable bonds is 5. The summed E-state index contributed by atoms with van der Waals surface area (Å²) in [7, 11) is 0. The molecule has 1 heterocycles. The minimum Gasteiger partial charge on any atom is -0.481 e. The van der Waals surface area contributed by atoms with Crippen molar-refractivity contribution in [2.45, 2.75) is 26.2 Å². The molecule has 1 fully saturated rings. The molecule has 0 aromatic rings. The summed E-state index contributed by atoms with van der Waals surface area (Å²) in [5.41, 5.74) is 4.54. The zero-order valence-corrected chi connectivity index (χ0v) is 10.2. The van der Waals surface area contributed by atoms with Crippen LogP contribution in [0.4, 0.5) is 4.79 Å². The Hall–Kier alpha value is -1.30. The number of amides is 2. The van der Waals surface area contributed by atoms with Crippen LogP contribution in [0.5, 0.6) is 0 Å². The van der Waals surface area contributed by atoms with Crippen molar-refractivity contribution >= 4 is 12.0 Å². The maximum Gasteiger partial charge on any atom is 0.317 e. The molecule has 0 aliphatic carbocycles. The van der Waals surface area contributed by atoms with Gasteiger partial charge in [-0.2, -0.15) is 0 Å². The lowest BCUT2D eigenvalue weighted by molar-refractivity contribution is -0.148. The number of nitrogens with one attached hydrogen (secondary N) is 1. The Morgan fingerprint density at radius 1 is 1.53 bits per heavy atom. The van der Waals surface area contributed by atoms with Crippen LogP contribution in [0.15, 0.2) is 0 Å². The number of likely N-dealkylation sites (tertiary alicyclic amines) is 1. The zero-order valence-electron chi connectivity index (χ0n) is 10.2. The van der Waals surface area contributed by atoms with Crippen LogP contribution in [0, 0.1) is 5.41 Å². The summed E-state index contributed by atoms with van der Waals surface area (Å²) in [5, 5.41) is 12.0. The molecule has 1 rings (SSSR count). The molecule has 0 bridgehead atoms. The summed E-state index contributed by atoms with van der Waals surface area (Å²) in [6, 6.07) is -0.213. The Balaban J connectivity index is 2.60. The van der Waals surface area contributed by atoms with Crippen LogP contribution >= 0.6 is 0 Å². The number of carbonyl (C=O) groups is 2. The standard InChI is InChI=1S/C11H21N3O3/c1-2-3-11(9(15)16)4-7-14(8-11)10(17)13-6-5-12/h2-8,12H2,1H3,(H,13,17)(H,15,16). The van der Waals surface area contributed by atoms with E-state index in [0.717, 1.165) is 6.42 Å². The van der Waals surface area contributed by atoms with Crippen LogP contribution in [0.3, 0.4) is 0 Å². The molecule has 1 aliphatic heterocycles. The van der Waals surface area contributed by atoms with Gasteiger partial charge in [0.05, 0.1) is 5.41 Å². The van der Waals surface area contributed by atoms with Crippen LogP contribution in [0.1, 0.15) is 26.2 Å². The van der Waals surface area contributed by atoms with Crippen LogP contribution in [-0.2, 0) is 4.79 Å². The number of carboxylic acids is 1. The normalized spacial score (nSPS) is 23.8. The predicted octanol–water partition coefficient (Wildman–Crippen LogP) is 0.232. The number of hydrogen-bond acceptors (Lipinski definition) is 3. The Labute approximate surface area is 101 Å². The zero-order chi connectivity index (χ0) is 12.9. The SMILES string of the molecule is CCCC1(C(=O)O)CCN(C(=O)NCCN)C1. The van der Waals surface area contributed by atoms with E-state index < -0.39 is 11.4 Å². The second-order valence-electron chi connectivity index (χ2n) is 4.53. The van der Waals surface area contributed by atoms with E-state index in [0.29, 0.717) is 39.0 Å². The molecule has 0 radical (unpaired) electrons.